The molecule has 0 radical (unpaired) electrons. The van der Waals surface area contributed by atoms with E-state index in [0.29, 0.717) is 0 Å². The molecule has 2 fully saturated rings. The van der Waals surface area contributed by atoms with Crippen LogP contribution in [-0.2, 0) is 35.9 Å². The summed E-state index contributed by atoms with van der Waals surface area (Å²) < 4.78 is 28.8. The van der Waals surface area contributed by atoms with E-state index >= 15 is 0 Å². The van der Waals surface area contributed by atoms with Crippen LogP contribution in [0.5, 0.6) is 0 Å². The maximum absolute atomic E-state index is 6.58. The predicted molar refractivity (Wildman–Crippen MR) is 335 cm³/mol. The Kier molecular flexibility index (Phi) is 12.3. The van der Waals surface area contributed by atoms with Crippen LogP contribution in [0.3, 0.4) is 0 Å². The number of rotatable bonds is 12. The van der Waals surface area contributed by atoms with E-state index in [1.807, 2.05) is 0 Å². The van der Waals surface area contributed by atoms with Gasteiger partial charge in [-0.2, -0.15) is 0 Å². The smallest absolute Gasteiger partial charge is 0.399 e. The van der Waals surface area contributed by atoms with Gasteiger partial charge in [-0.05, 0) is 201 Å². The fourth-order valence-corrected chi connectivity index (χ4v) is 13.3. The highest BCUT2D eigenvalue weighted by atomic mass is 16.7. The van der Waals surface area contributed by atoms with Crippen LogP contribution in [-0.4, -0.2) is 41.2 Å². The summed E-state index contributed by atoms with van der Waals surface area (Å²) in [6, 6.07) is 62.1. The van der Waals surface area contributed by atoms with Gasteiger partial charge < -0.3 is 28.1 Å². The Bertz CT molecular complexity index is 3740. The second-order valence-electron chi connectivity index (χ2n) is 26.4. The quantitative estimate of drug-likeness (QED) is 0.0901. The van der Waals surface area contributed by atoms with Gasteiger partial charge in [0, 0.05) is 44.4 Å². The van der Waals surface area contributed by atoms with E-state index in [1.54, 1.807) is 0 Å². The second kappa shape index (κ2) is 18.7. The van der Waals surface area contributed by atoms with Crippen molar-refractivity contribution in [3.05, 3.63) is 192 Å². The molecule has 80 heavy (non-hydrogen) atoms. The van der Waals surface area contributed by atoms with Crippen LogP contribution in [0.15, 0.2) is 164 Å². The van der Waals surface area contributed by atoms with E-state index < -0.39 is 36.6 Å². The number of benzene rings is 8. The lowest BCUT2D eigenvalue weighted by atomic mass is 9.74. The van der Waals surface area contributed by atoms with Crippen LogP contribution in [0.25, 0.3) is 60.9 Å². The Balaban J connectivity index is 0.886. The minimum absolute atomic E-state index is 0.288. The SMILES string of the molecule is CCCCCCc1ccc(-n2c3ccccc3c3ccc(-c4ccc(N(c5ccc6c(c5)C(C)(C)c5cc(B7OC(C)(C)C(C)(C)O7)ccc5-6)c5ccc6c(c5)C(C)(C)c5cc(B7OC(C)(C)C(C)(C)O7)ccc5-6)cc4)cc32)cc1. The Labute approximate surface area is 475 Å². The topological polar surface area (TPSA) is 45.1 Å². The van der Waals surface area contributed by atoms with E-state index in [9.17, 15) is 0 Å². The first-order chi connectivity index (χ1) is 38.1. The van der Waals surface area contributed by atoms with Gasteiger partial charge >= 0.3 is 14.2 Å². The maximum Gasteiger partial charge on any atom is 0.494 e. The molecule has 6 nitrogen and oxygen atoms in total. The number of nitrogens with zero attached hydrogens (tertiary/aromatic N) is 2. The predicted octanol–water partition coefficient (Wildman–Crippen LogP) is 17.3. The number of anilines is 3. The van der Waals surface area contributed by atoms with Crippen molar-refractivity contribution in [2.24, 2.45) is 0 Å². The molecular formula is C72H76B2N2O4. The molecule has 4 aliphatic rings. The lowest BCUT2D eigenvalue weighted by Gasteiger charge is -2.32. The molecule has 0 atom stereocenters. The zero-order chi connectivity index (χ0) is 55.9. The summed E-state index contributed by atoms with van der Waals surface area (Å²) in [5.74, 6) is 0. The average molecular weight is 1060 g/mol. The summed E-state index contributed by atoms with van der Waals surface area (Å²) in [7, 11) is -0.864. The minimum Gasteiger partial charge on any atom is -0.399 e. The Morgan fingerprint density at radius 3 is 1.36 bits per heavy atom. The monoisotopic (exact) mass is 1050 g/mol. The summed E-state index contributed by atoms with van der Waals surface area (Å²) in [4.78, 5) is 2.46. The molecule has 8 aromatic carbocycles. The zero-order valence-corrected chi connectivity index (χ0v) is 49.3. The van der Waals surface area contributed by atoms with Crippen molar-refractivity contribution in [1.82, 2.24) is 4.57 Å². The van der Waals surface area contributed by atoms with Crippen molar-refractivity contribution in [1.29, 1.82) is 0 Å². The van der Waals surface area contributed by atoms with Gasteiger partial charge in [0.05, 0.1) is 33.4 Å². The highest BCUT2D eigenvalue weighted by molar-refractivity contribution is 6.62. The minimum atomic E-state index is -0.432. The Hall–Kier alpha value is -6.67. The van der Waals surface area contributed by atoms with Crippen LogP contribution in [0.2, 0.25) is 0 Å². The summed E-state index contributed by atoms with van der Waals surface area (Å²) in [5, 5.41) is 2.52. The molecule has 9 aromatic rings. The number of aryl methyl sites for hydroxylation is 1. The van der Waals surface area contributed by atoms with Crippen LogP contribution in [0.4, 0.5) is 17.1 Å². The summed E-state index contributed by atoms with van der Waals surface area (Å²) in [6.45, 7) is 28.7. The number of hydrogen-bond acceptors (Lipinski definition) is 5. The van der Waals surface area contributed by atoms with Crippen LogP contribution < -0.4 is 15.8 Å². The number of hydrogen-bond donors (Lipinski definition) is 0. The largest absolute Gasteiger partial charge is 0.494 e. The molecule has 0 N–H and O–H groups in total. The lowest BCUT2D eigenvalue weighted by molar-refractivity contribution is 0.00578. The van der Waals surface area contributed by atoms with Gasteiger partial charge in [-0.25, -0.2) is 0 Å². The fourth-order valence-electron chi connectivity index (χ4n) is 13.3. The van der Waals surface area contributed by atoms with Gasteiger partial charge in [0.25, 0.3) is 0 Å². The lowest BCUT2D eigenvalue weighted by Crippen LogP contribution is -2.41. The number of unbranched alkanes of at least 4 members (excludes halogenated alkanes) is 3. The third-order valence-corrected chi connectivity index (χ3v) is 19.6. The summed E-state index contributed by atoms with van der Waals surface area (Å²) in [5.41, 5.74) is 20.7. The highest BCUT2D eigenvalue weighted by Gasteiger charge is 2.53. The number of aromatic nitrogens is 1. The van der Waals surface area contributed by atoms with Crippen molar-refractivity contribution >= 4 is 64.0 Å². The van der Waals surface area contributed by atoms with Crippen molar-refractivity contribution in [3.63, 3.8) is 0 Å². The molecule has 2 aliphatic heterocycles. The van der Waals surface area contributed by atoms with Crippen molar-refractivity contribution < 1.29 is 18.6 Å². The molecule has 0 bridgehead atoms. The molecule has 13 rings (SSSR count). The van der Waals surface area contributed by atoms with Crippen LogP contribution in [0, 0.1) is 0 Å². The molecule has 0 spiro atoms. The van der Waals surface area contributed by atoms with Gasteiger partial charge in [-0.15, -0.1) is 0 Å². The normalized spacial score (nSPS) is 18.4. The van der Waals surface area contributed by atoms with Crippen LogP contribution >= 0.6 is 0 Å². The average Bonchev–Trinajstić information content (AvgIpc) is 4.13. The number of para-hydroxylation sites is 1. The van der Waals surface area contributed by atoms with E-state index in [1.165, 1.54) is 114 Å². The molecule has 3 heterocycles. The third kappa shape index (κ3) is 8.37. The molecular weight excluding hydrogens is 978 g/mol. The first kappa shape index (κ1) is 52.7. The van der Waals surface area contributed by atoms with Crippen molar-refractivity contribution in [2.45, 2.75) is 155 Å². The van der Waals surface area contributed by atoms with E-state index in [4.69, 9.17) is 18.6 Å². The van der Waals surface area contributed by atoms with E-state index in [2.05, 4.69) is 263 Å². The maximum atomic E-state index is 6.58. The van der Waals surface area contributed by atoms with E-state index in [0.717, 1.165) is 34.4 Å². The fraction of sp³-hybridized carbons (Fsp3) is 0.333. The molecule has 1 aromatic heterocycles. The molecule has 404 valence electrons. The van der Waals surface area contributed by atoms with E-state index in [-0.39, 0.29) is 10.8 Å². The molecule has 2 aliphatic carbocycles. The molecule has 0 unspecified atom stereocenters. The second-order valence-corrected chi connectivity index (χ2v) is 26.4. The summed E-state index contributed by atoms with van der Waals surface area (Å²) >= 11 is 0. The molecule has 0 saturated carbocycles. The molecule has 0 amide bonds. The third-order valence-electron chi connectivity index (χ3n) is 19.6. The number of fused-ring (bicyclic) bond motifs is 9. The van der Waals surface area contributed by atoms with Gasteiger partial charge in [0.2, 0.25) is 0 Å². The molecule has 8 heteroatoms. The standard InChI is InChI=1S/C72H76B2N2O4/c1-14-15-16-17-20-46-23-30-52(31-24-46)76-65-22-19-18-21-59(65)60-36-27-48(41-66(60)76)47-25-32-51(33-26-47)75(53-34-39-57-55-37-28-49(42-61(55)67(2,3)63(57)44-53)73-77-69(6,7)70(8,9)78-73)54-35-40-58-56-38-29-50(43-62(56)68(4,5)64(58)45-54)74-79-71(10,11)72(12,13)80-74/h18-19,21-45H,14-17,20H2,1-13H3. The highest BCUT2D eigenvalue weighted by Crippen LogP contribution is 2.54. The summed E-state index contributed by atoms with van der Waals surface area (Å²) in [6.07, 6.45) is 6.20. The first-order valence-corrected chi connectivity index (χ1v) is 29.4. The first-order valence-electron chi connectivity index (χ1n) is 29.4. The van der Waals surface area contributed by atoms with Gasteiger partial charge in [-0.3, -0.25) is 0 Å². The Morgan fingerprint density at radius 2 is 0.850 bits per heavy atom. The Morgan fingerprint density at radius 1 is 0.400 bits per heavy atom. The van der Waals surface area contributed by atoms with Gasteiger partial charge in [0.1, 0.15) is 0 Å². The zero-order valence-electron chi connectivity index (χ0n) is 49.3. The van der Waals surface area contributed by atoms with Crippen LogP contribution in [0.1, 0.15) is 144 Å². The van der Waals surface area contributed by atoms with Gasteiger partial charge in [-0.1, -0.05) is 157 Å². The van der Waals surface area contributed by atoms with Crippen molar-refractivity contribution in [3.8, 4) is 39.1 Å². The van der Waals surface area contributed by atoms with Gasteiger partial charge in [0.15, 0.2) is 0 Å². The van der Waals surface area contributed by atoms with Crippen molar-refractivity contribution in [2.75, 3.05) is 4.90 Å². The molecule has 2 saturated heterocycles.